The standard InChI is InChI=1S/C22H24N2O3/c1-15-4-9-20-17(11-15)12-21(24-20)22(25)23-13-16-5-7-18(8-6-16)27-14-19-3-2-10-26-19/h4-9,11-12,19,24H,2-3,10,13-14H2,1H3,(H,23,25). The van der Waals surface area contributed by atoms with Gasteiger partial charge < -0.3 is 19.8 Å². The quantitative estimate of drug-likeness (QED) is 0.696. The molecule has 2 heterocycles. The number of aromatic amines is 1. The number of ether oxygens (including phenoxy) is 2. The van der Waals surface area contributed by atoms with Crippen LogP contribution in [0.3, 0.4) is 0 Å². The van der Waals surface area contributed by atoms with E-state index in [1.165, 1.54) is 5.56 Å². The molecular formula is C22H24N2O3. The number of H-pyrrole nitrogens is 1. The van der Waals surface area contributed by atoms with Crippen molar-refractivity contribution >= 4 is 16.8 Å². The Kier molecular flexibility index (Phi) is 5.12. The van der Waals surface area contributed by atoms with Crippen LogP contribution in [-0.4, -0.2) is 30.2 Å². The lowest BCUT2D eigenvalue weighted by atomic mass is 10.2. The van der Waals surface area contributed by atoms with Gasteiger partial charge in [-0.05, 0) is 55.7 Å². The van der Waals surface area contributed by atoms with Crippen LogP contribution in [0.25, 0.3) is 10.9 Å². The van der Waals surface area contributed by atoms with E-state index in [0.717, 1.165) is 41.7 Å². The Morgan fingerprint density at radius 3 is 2.85 bits per heavy atom. The summed E-state index contributed by atoms with van der Waals surface area (Å²) >= 11 is 0. The smallest absolute Gasteiger partial charge is 0.267 e. The Balaban J connectivity index is 1.31. The highest BCUT2D eigenvalue weighted by atomic mass is 16.5. The number of hydrogen-bond acceptors (Lipinski definition) is 3. The van der Waals surface area contributed by atoms with Gasteiger partial charge in [0.2, 0.25) is 0 Å². The number of hydrogen-bond donors (Lipinski definition) is 2. The topological polar surface area (TPSA) is 63.4 Å². The Labute approximate surface area is 158 Å². The number of aryl methyl sites for hydroxylation is 1. The molecular weight excluding hydrogens is 340 g/mol. The van der Waals surface area contributed by atoms with E-state index in [2.05, 4.69) is 16.4 Å². The van der Waals surface area contributed by atoms with Gasteiger partial charge in [0.05, 0.1) is 6.10 Å². The Bertz CT molecular complexity index is 924. The first-order valence-electron chi connectivity index (χ1n) is 9.38. The van der Waals surface area contributed by atoms with Crippen LogP contribution in [0.5, 0.6) is 5.75 Å². The second kappa shape index (κ2) is 7.84. The molecule has 5 heteroatoms. The molecule has 1 atom stereocenters. The van der Waals surface area contributed by atoms with Crippen molar-refractivity contribution in [3.05, 3.63) is 65.4 Å². The third-order valence-electron chi connectivity index (χ3n) is 4.86. The molecule has 0 spiro atoms. The molecule has 1 aliphatic heterocycles. The Hall–Kier alpha value is -2.79. The van der Waals surface area contributed by atoms with Gasteiger partial charge in [0, 0.05) is 24.1 Å². The van der Waals surface area contributed by atoms with Gasteiger partial charge in [-0.25, -0.2) is 0 Å². The highest BCUT2D eigenvalue weighted by Gasteiger charge is 2.16. The number of amides is 1. The molecule has 4 rings (SSSR count). The summed E-state index contributed by atoms with van der Waals surface area (Å²) in [5.74, 6) is 0.717. The maximum Gasteiger partial charge on any atom is 0.267 e. The van der Waals surface area contributed by atoms with Gasteiger partial charge in [-0.15, -0.1) is 0 Å². The van der Waals surface area contributed by atoms with Crippen molar-refractivity contribution in [1.82, 2.24) is 10.3 Å². The maximum atomic E-state index is 12.4. The summed E-state index contributed by atoms with van der Waals surface area (Å²) in [6.45, 7) is 3.94. The van der Waals surface area contributed by atoms with E-state index < -0.39 is 0 Å². The average molecular weight is 364 g/mol. The number of aromatic nitrogens is 1. The summed E-state index contributed by atoms with van der Waals surface area (Å²) in [6, 6.07) is 15.8. The summed E-state index contributed by atoms with van der Waals surface area (Å²) in [6.07, 6.45) is 2.39. The van der Waals surface area contributed by atoms with E-state index in [4.69, 9.17) is 9.47 Å². The van der Waals surface area contributed by atoms with Gasteiger partial charge in [-0.1, -0.05) is 23.8 Å². The zero-order valence-corrected chi connectivity index (χ0v) is 15.5. The normalized spacial score (nSPS) is 16.6. The monoisotopic (exact) mass is 364 g/mol. The van der Waals surface area contributed by atoms with E-state index in [0.29, 0.717) is 18.8 Å². The lowest BCUT2D eigenvalue weighted by Gasteiger charge is -2.12. The van der Waals surface area contributed by atoms with Crippen molar-refractivity contribution in [1.29, 1.82) is 0 Å². The molecule has 1 amide bonds. The van der Waals surface area contributed by atoms with Crippen LogP contribution in [0.1, 0.15) is 34.5 Å². The SMILES string of the molecule is Cc1ccc2[nH]c(C(=O)NCc3ccc(OCC4CCCO4)cc3)cc2c1. The summed E-state index contributed by atoms with van der Waals surface area (Å²) in [5, 5.41) is 4.01. The van der Waals surface area contributed by atoms with Gasteiger partial charge in [0.1, 0.15) is 18.1 Å². The van der Waals surface area contributed by atoms with Crippen molar-refractivity contribution in [3.8, 4) is 5.75 Å². The third kappa shape index (κ3) is 4.31. The van der Waals surface area contributed by atoms with Gasteiger partial charge in [-0.2, -0.15) is 0 Å². The number of fused-ring (bicyclic) bond motifs is 1. The van der Waals surface area contributed by atoms with Crippen LogP contribution in [0.2, 0.25) is 0 Å². The second-order valence-electron chi connectivity index (χ2n) is 7.05. The first-order chi connectivity index (χ1) is 13.2. The van der Waals surface area contributed by atoms with Gasteiger partial charge >= 0.3 is 0 Å². The van der Waals surface area contributed by atoms with Crippen molar-refractivity contribution in [2.45, 2.75) is 32.4 Å². The van der Waals surface area contributed by atoms with Crippen LogP contribution in [-0.2, 0) is 11.3 Å². The minimum atomic E-state index is -0.109. The molecule has 1 aliphatic rings. The summed E-state index contributed by atoms with van der Waals surface area (Å²) in [5.41, 5.74) is 3.75. The van der Waals surface area contributed by atoms with Crippen molar-refractivity contribution in [2.24, 2.45) is 0 Å². The minimum absolute atomic E-state index is 0.109. The molecule has 3 aromatic rings. The van der Waals surface area contributed by atoms with Gasteiger partial charge in [0.25, 0.3) is 5.91 Å². The number of nitrogens with one attached hydrogen (secondary N) is 2. The summed E-state index contributed by atoms with van der Waals surface area (Å²) in [7, 11) is 0. The van der Waals surface area contributed by atoms with E-state index in [1.807, 2.05) is 49.4 Å². The highest BCUT2D eigenvalue weighted by Crippen LogP contribution is 2.18. The molecule has 1 unspecified atom stereocenters. The molecule has 0 saturated carbocycles. The summed E-state index contributed by atoms with van der Waals surface area (Å²) in [4.78, 5) is 15.6. The molecule has 0 aliphatic carbocycles. The predicted molar refractivity (Wildman–Crippen MR) is 105 cm³/mol. The largest absolute Gasteiger partial charge is 0.491 e. The zero-order valence-electron chi connectivity index (χ0n) is 15.5. The molecule has 140 valence electrons. The van der Waals surface area contributed by atoms with E-state index in [9.17, 15) is 4.79 Å². The number of benzene rings is 2. The molecule has 1 aromatic heterocycles. The van der Waals surface area contributed by atoms with Crippen LogP contribution in [0.15, 0.2) is 48.5 Å². The van der Waals surface area contributed by atoms with Gasteiger partial charge in [0.15, 0.2) is 0 Å². The fourth-order valence-corrected chi connectivity index (χ4v) is 3.32. The number of carbonyl (C=O) groups is 1. The van der Waals surface area contributed by atoms with Crippen molar-refractivity contribution < 1.29 is 14.3 Å². The molecule has 1 saturated heterocycles. The lowest BCUT2D eigenvalue weighted by Crippen LogP contribution is -2.23. The first-order valence-corrected chi connectivity index (χ1v) is 9.38. The minimum Gasteiger partial charge on any atom is -0.491 e. The Morgan fingerprint density at radius 2 is 2.07 bits per heavy atom. The molecule has 27 heavy (non-hydrogen) atoms. The number of rotatable bonds is 6. The van der Waals surface area contributed by atoms with Crippen LogP contribution < -0.4 is 10.1 Å². The van der Waals surface area contributed by atoms with Crippen LogP contribution >= 0.6 is 0 Å². The van der Waals surface area contributed by atoms with Gasteiger partial charge in [-0.3, -0.25) is 4.79 Å². The molecule has 2 N–H and O–H groups in total. The number of carbonyl (C=O) groups excluding carboxylic acids is 1. The maximum absolute atomic E-state index is 12.4. The summed E-state index contributed by atoms with van der Waals surface area (Å²) < 4.78 is 11.3. The van der Waals surface area contributed by atoms with E-state index in [-0.39, 0.29) is 12.0 Å². The van der Waals surface area contributed by atoms with Crippen molar-refractivity contribution in [3.63, 3.8) is 0 Å². The molecule has 0 bridgehead atoms. The fourth-order valence-electron chi connectivity index (χ4n) is 3.32. The first kappa shape index (κ1) is 17.6. The molecule has 5 nitrogen and oxygen atoms in total. The molecule has 0 radical (unpaired) electrons. The zero-order chi connectivity index (χ0) is 18.6. The average Bonchev–Trinajstić information content (AvgIpc) is 3.34. The van der Waals surface area contributed by atoms with Crippen LogP contribution in [0.4, 0.5) is 0 Å². The second-order valence-corrected chi connectivity index (χ2v) is 7.05. The predicted octanol–water partition coefficient (Wildman–Crippen LogP) is 3.96. The van der Waals surface area contributed by atoms with Crippen molar-refractivity contribution in [2.75, 3.05) is 13.2 Å². The Morgan fingerprint density at radius 1 is 1.22 bits per heavy atom. The fraction of sp³-hybridized carbons (Fsp3) is 0.318. The third-order valence-corrected chi connectivity index (χ3v) is 4.86. The van der Waals surface area contributed by atoms with Crippen LogP contribution in [0, 0.1) is 6.92 Å². The molecule has 2 aromatic carbocycles. The van der Waals surface area contributed by atoms with E-state index in [1.54, 1.807) is 0 Å². The lowest BCUT2D eigenvalue weighted by molar-refractivity contribution is 0.0679. The molecule has 1 fully saturated rings. The van der Waals surface area contributed by atoms with E-state index >= 15 is 0 Å². The highest BCUT2D eigenvalue weighted by molar-refractivity contribution is 5.98.